The molecule has 2 aromatic heterocycles. The van der Waals surface area contributed by atoms with E-state index < -0.39 is 23.4 Å². The summed E-state index contributed by atoms with van der Waals surface area (Å²) in [5.74, 6) is 0.324. The molecule has 0 amide bonds. The summed E-state index contributed by atoms with van der Waals surface area (Å²) in [6, 6.07) is 36.8. The fourth-order valence-corrected chi connectivity index (χ4v) is 7.25. The topological polar surface area (TPSA) is 88.2 Å². The lowest BCUT2D eigenvalue weighted by molar-refractivity contribution is 0.0526. The molecule has 8 nitrogen and oxygen atoms in total. The van der Waals surface area contributed by atoms with Gasteiger partial charge in [-0.3, -0.25) is 0 Å². The van der Waals surface area contributed by atoms with Crippen LogP contribution < -0.4 is 0 Å². The zero-order valence-corrected chi connectivity index (χ0v) is 31.8. The van der Waals surface area contributed by atoms with Gasteiger partial charge in [-0.2, -0.15) is 0 Å². The second-order valence-corrected chi connectivity index (χ2v) is 15.9. The minimum atomic E-state index is -0.822. The van der Waals surface area contributed by atoms with E-state index in [0.29, 0.717) is 22.1 Å². The first-order chi connectivity index (χ1) is 25.7. The van der Waals surface area contributed by atoms with Crippen molar-refractivity contribution in [3.63, 3.8) is 0 Å². The molecule has 0 saturated heterocycles. The fourth-order valence-electron chi connectivity index (χ4n) is 7.25. The second-order valence-electron chi connectivity index (χ2n) is 15.9. The summed E-state index contributed by atoms with van der Waals surface area (Å²) in [6.45, 7) is 14.9. The molecule has 8 rings (SSSR count). The molecular formula is C46H42N4O4. The van der Waals surface area contributed by atoms with Crippen LogP contribution in [-0.2, 0) is 9.47 Å². The highest BCUT2D eigenvalue weighted by atomic mass is 16.6. The highest BCUT2D eigenvalue weighted by Crippen LogP contribution is 2.40. The lowest BCUT2D eigenvalue weighted by atomic mass is 9.96. The number of aromatic nitrogens is 4. The van der Waals surface area contributed by atoms with E-state index in [2.05, 4.69) is 60.7 Å². The first kappa shape index (κ1) is 34.8. The van der Waals surface area contributed by atoms with Crippen molar-refractivity contribution in [2.45, 2.75) is 66.6 Å². The first-order valence-electron chi connectivity index (χ1n) is 18.2. The van der Waals surface area contributed by atoms with Crippen LogP contribution in [0, 0.1) is 13.8 Å². The number of carbonyl (C=O) groups excluding carboxylic acids is 2. The molecule has 0 radical (unpaired) electrons. The summed E-state index contributed by atoms with van der Waals surface area (Å²) in [5, 5.41) is 4.27. The Labute approximate surface area is 314 Å². The summed E-state index contributed by atoms with van der Waals surface area (Å²) in [4.78, 5) is 39.4. The lowest BCUT2D eigenvalue weighted by Crippen LogP contribution is -2.29. The molecule has 270 valence electrons. The largest absolute Gasteiger partial charge is 0.443 e. The molecule has 0 unspecified atom stereocenters. The quantitative estimate of drug-likeness (QED) is 0.181. The number of rotatable bonds is 3. The summed E-state index contributed by atoms with van der Waals surface area (Å²) in [6.07, 6.45) is -1.27. The van der Waals surface area contributed by atoms with Gasteiger partial charge in [-0.25, -0.2) is 28.7 Å². The summed E-state index contributed by atoms with van der Waals surface area (Å²) < 4.78 is 15.0. The monoisotopic (exact) mass is 714 g/mol. The molecule has 6 aromatic carbocycles. The van der Waals surface area contributed by atoms with Crippen molar-refractivity contribution in [2.24, 2.45) is 0 Å². The van der Waals surface area contributed by atoms with Gasteiger partial charge in [-0.1, -0.05) is 84.9 Å². The number of benzene rings is 6. The minimum Gasteiger partial charge on any atom is -0.443 e. The van der Waals surface area contributed by atoms with Gasteiger partial charge in [-0.15, -0.1) is 0 Å². The minimum absolute atomic E-state index is 0.162. The van der Waals surface area contributed by atoms with Gasteiger partial charge < -0.3 is 9.47 Å². The summed E-state index contributed by atoms with van der Waals surface area (Å²) in [5.41, 5.74) is 6.06. The van der Waals surface area contributed by atoms with Gasteiger partial charge in [-0.05, 0) is 123 Å². The Morgan fingerprint density at radius 1 is 0.500 bits per heavy atom. The van der Waals surface area contributed by atoms with Crippen molar-refractivity contribution in [1.82, 2.24) is 19.1 Å². The standard InChI is InChI=1S/C46H42N4O4/c1-27-23-35(33-21-13-17-29-15-9-11-19-31(29)33)39-37(25-27)49(43(51)53-45(3,4)5)41(47-39)42-48-40-36(34-22-14-18-30-16-10-12-20-32(30)34)24-28(2)26-38(40)50(42)44(52)54-46(6,7)8/h9-26H,1-8H3. The molecule has 0 aliphatic rings. The van der Waals surface area contributed by atoms with E-state index in [4.69, 9.17) is 19.4 Å². The van der Waals surface area contributed by atoms with Crippen LogP contribution in [0.5, 0.6) is 0 Å². The van der Waals surface area contributed by atoms with Crippen LogP contribution in [0.15, 0.2) is 109 Å². The van der Waals surface area contributed by atoms with Gasteiger partial charge in [0.2, 0.25) is 0 Å². The number of nitrogens with zero attached hydrogens (tertiary/aromatic N) is 4. The van der Waals surface area contributed by atoms with Crippen LogP contribution in [0.4, 0.5) is 9.59 Å². The number of hydrogen-bond donors (Lipinski definition) is 0. The maximum absolute atomic E-state index is 14.5. The zero-order chi connectivity index (χ0) is 38.1. The van der Waals surface area contributed by atoms with Crippen LogP contribution in [0.25, 0.3) is 77.5 Å². The van der Waals surface area contributed by atoms with Crippen molar-refractivity contribution >= 4 is 55.8 Å². The summed E-state index contributed by atoms with van der Waals surface area (Å²) >= 11 is 0. The number of aryl methyl sites for hydroxylation is 2. The maximum atomic E-state index is 14.5. The number of hydrogen-bond acceptors (Lipinski definition) is 6. The SMILES string of the molecule is Cc1cc(-c2cccc3ccccc23)c2nc(-c3nc4c(-c5cccc6ccccc56)cc(C)cc4n3C(=O)OC(C)(C)C)n(C(=O)OC(C)(C)C)c2c1. The average Bonchev–Trinajstić information content (AvgIpc) is 3.68. The van der Waals surface area contributed by atoms with Gasteiger partial charge in [0, 0.05) is 11.1 Å². The van der Waals surface area contributed by atoms with Gasteiger partial charge in [0.25, 0.3) is 0 Å². The van der Waals surface area contributed by atoms with Crippen LogP contribution in [0.1, 0.15) is 52.7 Å². The van der Waals surface area contributed by atoms with E-state index in [9.17, 15) is 9.59 Å². The smallest absolute Gasteiger partial charge is 0.420 e. The van der Waals surface area contributed by atoms with Crippen LogP contribution in [0.3, 0.4) is 0 Å². The second kappa shape index (κ2) is 12.7. The van der Waals surface area contributed by atoms with Gasteiger partial charge in [0.15, 0.2) is 11.6 Å². The molecule has 8 aromatic rings. The molecule has 0 fully saturated rings. The van der Waals surface area contributed by atoms with Crippen LogP contribution >= 0.6 is 0 Å². The van der Waals surface area contributed by atoms with E-state index in [-0.39, 0.29) is 11.6 Å². The number of imidazole rings is 2. The van der Waals surface area contributed by atoms with Gasteiger partial charge in [0.05, 0.1) is 22.1 Å². The first-order valence-corrected chi connectivity index (χ1v) is 18.2. The molecule has 0 aliphatic carbocycles. The van der Waals surface area contributed by atoms with Crippen molar-refractivity contribution < 1.29 is 19.1 Å². The molecule has 2 heterocycles. The zero-order valence-electron chi connectivity index (χ0n) is 31.8. The van der Waals surface area contributed by atoms with Crippen LogP contribution in [-0.4, -0.2) is 42.5 Å². The highest BCUT2D eigenvalue weighted by Gasteiger charge is 2.32. The third-order valence-corrected chi connectivity index (χ3v) is 9.32. The Kier molecular flexibility index (Phi) is 8.18. The average molecular weight is 715 g/mol. The lowest BCUT2D eigenvalue weighted by Gasteiger charge is -2.21. The van der Waals surface area contributed by atoms with E-state index in [1.807, 2.05) is 104 Å². The Morgan fingerprint density at radius 2 is 0.870 bits per heavy atom. The summed E-state index contributed by atoms with van der Waals surface area (Å²) in [7, 11) is 0. The van der Waals surface area contributed by atoms with Crippen molar-refractivity contribution in [3.8, 4) is 33.9 Å². The van der Waals surface area contributed by atoms with Gasteiger partial charge in [0.1, 0.15) is 11.2 Å². The Morgan fingerprint density at radius 3 is 1.26 bits per heavy atom. The Hall–Kier alpha value is -6.28. The van der Waals surface area contributed by atoms with Crippen molar-refractivity contribution in [3.05, 3.63) is 120 Å². The normalized spacial score (nSPS) is 12.2. The van der Waals surface area contributed by atoms with E-state index in [0.717, 1.165) is 54.9 Å². The third-order valence-electron chi connectivity index (χ3n) is 9.32. The molecule has 8 heteroatoms. The van der Waals surface area contributed by atoms with Gasteiger partial charge >= 0.3 is 12.2 Å². The van der Waals surface area contributed by atoms with E-state index in [1.165, 1.54) is 9.13 Å². The number of ether oxygens (including phenoxy) is 2. The van der Waals surface area contributed by atoms with E-state index >= 15 is 0 Å². The molecule has 0 bridgehead atoms. The van der Waals surface area contributed by atoms with E-state index in [1.54, 1.807) is 0 Å². The molecular weight excluding hydrogens is 673 g/mol. The van der Waals surface area contributed by atoms with Crippen molar-refractivity contribution in [1.29, 1.82) is 0 Å². The van der Waals surface area contributed by atoms with Crippen LogP contribution in [0.2, 0.25) is 0 Å². The molecule has 0 saturated carbocycles. The molecule has 0 N–H and O–H groups in total. The molecule has 0 atom stereocenters. The molecule has 54 heavy (non-hydrogen) atoms. The Bertz CT molecular complexity index is 2610. The maximum Gasteiger partial charge on any atom is 0.420 e. The predicted octanol–water partition coefficient (Wildman–Crippen LogP) is 11.9. The predicted molar refractivity (Wildman–Crippen MR) is 217 cm³/mol. The Balaban J connectivity index is 1.50. The third kappa shape index (κ3) is 6.17. The van der Waals surface area contributed by atoms with Crippen molar-refractivity contribution in [2.75, 3.05) is 0 Å². The fraction of sp³-hybridized carbons (Fsp3) is 0.217. The highest BCUT2D eigenvalue weighted by molar-refractivity contribution is 6.09. The number of carbonyl (C=O) groups is 2. The molecule has 0 spiro atoms. The number of fused-ring (bicyclic) bond motifs is 4. The molecule has 0 aliphatic heterocycles.